The van der Waals surface area contributed by atoms with E-state index >= 15 is 0 Å². The molecule has 3 aromatic carbocycles. The first-order valence-electron chi connectivity index (χ1n) is 12.8. The summed E-state index contributed by atoms with van der Waals surface area (Å²) in [7, 11) is 0. The fraction of sp³-hybridized carbons (Fsp3) is 0.267. The number of nitrogens with one attached hydrogen (secondary N) is 2. The molecule has 0 aliphatic heterocycles. The molecule has 196 valence electrons. The van der Waals surface area contributed by atoms with Crippen LogP contribution in [0.1, 0.15) is 29.5 Å². The van der Waals surface area contributed by atoms with Crippen molar-refractivity contribution in [3.8, 4) is 0 Å². The second kappa shape index (κ2) is 11.9. The van der Waals surface area contributed by atoms with Gasteiger partial charge < -0.3 is 20.1 Å². The van der Waals surface area contributed by atoms with Gasteiger partial charge in [-0.2, -0.15) is 0 Å². The average Bonchev–Trinajstić information content (AvgIpc) is 3.70. The van der Waals surface area contributed by atoms with E-state index < -0.39 is 0 Å². The third kappa shape index (κ3) is 6.50. The third-order valence-corrected chi connectivity index (χ3v) is 7.62. The number of amides is 3. The summed E-state index contributed by atoms with van der Waals surface area (Å²) >= 11 is 12.4. The molecule has 0 unspecified atom stereocenters. The van der Waals surface area contributed by atoms with Gasteiger partial charge in [-0.1, -0.05) is 77.8 Å². The van der Waals surface area contributed by atoms with Crippen LogP contribution in [0, 0.1) is 0 Å². The standard InChI is InChI=1S/C30H30Cl2N4O2/c31-26-13-10-22(16-27(26)32)19-35(15-14-23-18-33-28-9-5-4-8-25(23)28)29(37)20-36(24-11-12-24)30(38)34-17-21-6-2-1-3-7-21/h1-10,13,16,18,24,33H,11-12,14-15,17,19-20H2,(H,34,38). The highest BCUT2D eigenvalue weighted by Crippen LogP contribution is 2.28. The number of hydrogen-bond acceptors (Lipinski definition) is 2. The van der Waals surface area contributed by atoms with Gasteiger partial charge in [0.25, 0.3) is 0 Å². The zero-order chi connectivity index (χ0) is 26.5. The van der Waals surface area contributed by atoms with E-state index in [0.717, 1.165) is 40.4 Å². The molecule has 1 saturated carbocycles. The van der Waals surface area contributed by atoms with Crippen molar-refractivity contribution >= 4 is 46.0 Å². The van der Waals surface area contributed by atoms with Crippen molar-refractivity contribution in [2.24, 2.45) is 0 Å². The van der Waals surface area contributed by atoms with Gasteiger partial charge >= 0.3 is 6.03 Å². The van der Waals surface area contributed by atoms with Crippen molar-refractivity contribution < 1.29 is 9.59 Å². The Morgan fingerprint density at radius 2 is 1.68 bits per heavy atom. The van der Waals surface area contributed by atoms with Gasteiger partial charge in [0.15, 0.2) is 0 Å². The summed E-state index contributed by atoms with van der Waals surface area (Å²) in [5.74, 6) is -0.0994. The molecule has 1 fully saturated rings. The molecule has 6 nitrogen and oxygen atoms in total. The molecule has 5 rings (SSSR count). The molecule has 1 aromatic heterocycles. The van der Waals surface area contributed by atoms with Crippen LogP contribution in [0.4, 0.5) is 4.79 Å². The van der Waals surface area contributed by atoms with E-state index in [2.05, 4.69) is 16.4 Å². The van der Waals surface area contributed by atoms with Crippen molar-refractivity contribution in [2.75, 3.05) is 13.1 Å². The number of fused-ring (bicyclic) bond motifs is 1. The molecular weight excluding hydrogens is 519 g/mol. The second-order valence-electron chi connectivity index (χ2n) is 9.68. The monoisotopic (exact) mass is 548 g/mol. The largest absolute Gasteiger partial charge is 0.361 e. The van der Waals surface area contributed by atoms with E-state index in [-0.39, 0.29) is 24.5 Å². The summed E-state index contributed by atoms with van der Waals surface area (Å²) < 4.78 is 0. The summed E-state index contributed by atoms with van der Waals surface area (Å²) in [6, 6.07) is 23.2. The van der Waals surface area contributed by atoms with Crippen LogP contribution in [0.5, 0.6) is 0 Å². The number of urea groups is 1. The minimum absolute atomic E-state index is 0.0283. The SMILES string of the molecule is O=C(CN(C(=O)NCc1ccccc1)C1CC1)N(CCc1c[nH]c2ccccc12)Cc1ccc(Cl)c(Cl)c1. The minimum atomic E-state index is -0.212. The number of aromatic amines is 1. The molecule has 0 saturated heterocycles. The third-order valence-electron chi connectivity index (χ3n) is 6.88. The van der Waals surface area contributed by atoms with Crippen molar-refractivity contribution in [1.29, 1.82) is 0 Å². The van der Waals surface area contributed by atoms with Gasteiger partial charge in [0.1, 0.15) is 6.54 Å². The van der Waals surface area contributed by atoms with Crippen LogP contribution >= 0.6 is 23.2 Å². The van der Waals surface area contributed by atoms with Gasteiger partial charge in [0.2, 0.25) is 5.91 Å². The highest BCUT2D eigenvalue weighted by molar-refractivity contribution is 6.42. The Kier molecular flexibility index (Phi) is 8.20. The Morgan fingerprint density at radius 3 is 2.45 bits per heavy atom. The molecule has 0 atom stereocenters. The van der Waals surface area contributed by atoms with Gasteiger partial charge in [-0.3, -0.25) is 4.79 Å². The normalized spacial score (nSPS) is 12.9. The Bertz CT molecular complexity index is 1420. The van der Waals surface area contributed by atoms with Crippen LogP contribution in [-0.4, -0.2) is 45.9 Å². The van der Waals surface area contributed by atoms with Crippen molar-refractivity contribution in [2.45, 2.75) is 38.4 Å². The van der Waals surface area contributed by atoms with Gasteiger partial charge in [-0.05, 0) is 54.2 Å². The lowest BCUT2D eigenvalue weighted by Crippen LogP contribution is -2.47. The second-order valence-corrected chi connectivity index (χ2v) is 10.5. The van der Waals surface area contributed by atoms with Crippen LogP contribution in [-0.2, 0) is 24.3 Å². The maximum absolute atomic E-state index is 13.7. The fourth-order valence-electron chi connectivity index (χ4n) is 4.62. The number of nitrogens with zero attached hydrogens (tertiary/aromatic N) is 2. The summed E-state index contributed by atoms with van der Waals surface area (Å²) in [6.07, 6.45) is 4.50. The number of H-pyrrole nitrogens is 1. The molecule has 3 amide bonds. The van der Waals surface area contributed by atoms with E-state index in [1.165, 1.54) is 0 Å². The predicted octanol–water partition coefficient (Wildman–Crippen LogP) is 6.42. The van der Waals surface area contributed by atoms with Crippen molar-refractivity contribution in [1.82, 2.24) is 20.1 Å². The molecule has 4 aromatic rings. The quantitative estimate of drug-likeness (QED) is 0.240. The predicted molar refractivity (Wildman–Crippen MR) is 152 cm³/mol. The van der Waals surface area contributed by atoms with E-state index in [1.54, 1.807) is 21.9 Å². The lowest BCUT2D eigenvalue weighted by Gasteiger charge is -2.28. The van der Waals surface area contributed by atoms with Crippen molar-refractivity contribution in [3.63, 3.8) is 0 Å². The zero-order valence-electron chi connectivity index (χ0n) is 21.0. The highest BCUT2D eigenvalue weighted by Gasteiger charge is 2.34. The van der Waals surface area contributed by atoms with Crippen LogP contribution < -0.4 is 5.32 Å². The van der Waals surface area contributed by atoms with Crippen LogP contribution in [0.15, 0.2) is 79.0 Å². The molecular formula is C30H30Cl2N4O2. The smallest absolute Gasteiger partial charge is 0.318 e. The number of carbonyl (C=O) groups is 2. The van der Waals surface area contributed by atoms with Gasteiger partial charge in [0, 0.05) is 42.8 Å². The minimum Gasteiger partial charge on any atom is -0.361 e. The first-order chi connectivity index (χ1) is 18.5. The Balaban J connectivity index is 1.30. The summed E-state index contributed by atoms with van der Waals surface area (Å²) in [5.41, 5.74) is 4.12. The first-order valence-corrected chi connectivity index (χ1v) is 13.6. The molecule has 0 radical (unpaired) electrons. The average molecular weight is 550 g/mol. The van der Waals surface area contributed by atoms with E-state index in [1.807, 2.05) is 60.8 Å². The molecule has 1 heterocycles. The number of hydrogen-bond donors (Lipinski definition) is 2. The summed E-state index contributed by atoms with van der Waals surface area (Å²) in [4.78, 5) is 33.6. The lowest BCUT2D eigenvalue weighted by atomic mass is 10.1. The highest BCUT2D eigenvalue weighted by atomic mass is 35.5. The summed E-state index contributed by atoms with van der Waals surface area (Å²) in [5, 5.41) is 5.06. The van der Waals surface area contributed by atoms with Crippen LogP contribution in [0.3, 0.4) is 0 Å². The molecule has 2 N–H and O–H groups in total. The molecule has 38 heavy (non-hydrogen) atoms. The number of carbonyl (C=O) groups excluding carboxylic acids is 2. The number of benzene rings is 3. The molecule has 0 spiro atoms. The lowest BCUT2D eigenvalue weighted by molar-refractivity contribution is -0.132. The van der Waals surface area contributed by atoms with Crippen LogP contribution in [0.2, 0.25) is 10.0 Å². The van der Waals surface area contributed by atoms with Gasteiger partial charge in [-0.15, -0.1) is 0 Å². The number of halogens is 2. The van der Waals surface area contributed by atoms with E-state index in [0.29, 0.717) is 36.1 Å². The molecule has 0 bridgehead atoms. The Labute approximate surface area is 232 Å². The van der Waals surface area contributed by atoms with Crippen LogP contribution in [0.25, 0.3) is 10.9 Å². The van der Waals surface area contributed by atoms with E-state index in [9.17, 15) is 9.59 Å². The fourth-order valence-corrected chi connectivity index (χ4v) is 4.94. The Hall–Kier alpha value is -3.48. The Morgan fingerprint density at radius 1 is 0.921 bits per heavy atom. The van der Waals surface area contributed by atoms with Gasteiger partial charge in [0.05, 0.1) is 10.0 Å². The van der Waals surface area contributed by atoms with Crippen molar-refractivity contribution in [3.05, 3.63) is 106 Å². The number of rotatable bonds is 10. The maximum Gasteiger partial charge on any atom is 0.318 e. The van der Waals surface area contributed by atoms with Gasteiger partial charge in [-0.25, -0.2) is 4.79 Å². The molecule has 8 heteroatoms. The summed E-state index contributed by atoms with van der Waals surface area (Å²) in [6.45, 7) is 1.33. The van der Waals surface area contributed by atoms with E-state index in [4.69, 9.17) is 23.2 Å². The topological polar surface area (TPSA) is 68.4 Å². The number of para-hydroxylation sites is 1. The zero-order valence-corrected chi connectivity index (χ0v) is 22.5. The first kappa shape index (κ1) is 26.1. The number of aromatic nitrogens is 1. The molecule has 1 aliphatic carbocycles. The molecule has 1 aliphatic rings. The maximum atomic E-state index is 13.7.